The Balaban J connectivity index is 1.95. The largest absolute Gasteiger partial charge is 0.353 e. The summed E-state index contributed by atoms with van der Waals surface area (Å²) >= 11 is 1.46. The van der Waals surface area contributed by atoms with Crippen LogP contribution < -0.4 is 10.9 Å². The Hall–Kier alpha value is -1.36. The first kappa shape index (κ1) is 11.7. The van der Waals surface area contributed by atoms with Crippen LogP contribution in [0.1, 0.15) is 32.1 Å². The Morgan fingerprint density at radius 1 is 1.39 bits per heavy atom. The molecule has 1 saturated carbocycles. The summed E-state index contributed by atoms with van der Waals surface area (Å²) < 4.78 is 2.37. The van der Waals surface area contributed by atoms with E-state index < -0.39 is 0 Å². The molecule has 0 aliphatic heterocycles. The zero-order valence-electron chi connectivity index (χ0n) is 10.5. The van der Waals surface area contributed by atoms with Crippen molar-refractivity contribution >= 4 is 27.5 Å². The molecule has 96 valence electrons. The van der Waals surface area contributed by atoms with Gasteiger partial charge in [-0.3, -0.25) is 9.36 Å². The molecular weight excluding hydrogens is 246 g/mol. The minimum absolute atomic E-state index is 0.0494. The third-order valence-corrected chi connectivity index (χ3v) is 4.52. The van der Waals surface area contributed by atoms with Crippen molar-refractivity contribution < 1.29 is 0 Å². The minimum atomic E-state index is 0.0494. The van der Waals surface area contributed by atoms with Crippen LogP contribution in [0.25, 0.3) is 10.2 Å². The number of fused-ring (bicyclic) bond motifs is 1. The van der Waals surface area contributed by atoms with E-state index in [0.717, 1.165) is 10.2 Å². The zero-order valence-corrected chi connectivity index (χ0v) is 11.3. The molecule has 4 nitrogen and oxygen atoms in total. The van der Waals surface area contributed by atoms with Crippen molar-refractivity contribution in [3.8, 4) is 0 Å². The molecule has 0 amide bonds. The fraction of sp³-hybridized carbons (Fsp3) is 0.538. The van der Waals surface area contributed by atoms with Crippen molar-refractivity contribution in [2.24, 2.45) is 7.05 Å². The van der Waals surface area contributed by atoms with Crippen LogP contribution in [0.4, 0.5) is 5.95 Å². The number of rotatable bonds is 2. The number of anilines is 1. The van der Waals surface area contributed by atoms with E-state index in [-0.39, 0.29) is 5.56 Å². The van der Waals surface area contributed by atoms with Gasteiger partial charge in [-0.05, 0) is 24.3 Å². The second-order valence-electron chi connectivity index (χ2n) is 4.91. The van der Waals surface area contributed by atoms with Crippen LogP contribution in [0.2, 0.25) is 0 Å². The van der Waals surface area contributed by atoms with Crippen molar-refractivity contribution in [1.29, 1.82) is 0 Å². The molecule has 2 aromatic heterocycles. The lowest BCUT2D eigenvalue weighted by molar-refractivity contribution is 0.459. The maximum absolute atomic E-state index is 12.1. The van der Waals surface area contributed by atoms with Crippen LogP contribution in [0.5, 0.6) is 0 Å². The zero-order chi connectivity index (χ0) is 12.5. The molecule has 2 heterocycles. The second kappa shape index (κ2) is 4.72. The highest BCUT2D eigenvalue weighted by Crippen LogP contribution is 2.22. The second-order valence-corrected chi connectivity index (χ2v) is 5.83. The first-order valence-corrected chi connectivity index (χ1v) is 7.34. The summed E-state index contributed by atoms with van der Waals surface area (Å²) in [6, 6.07) is 2.38. The maximum atomic E-state index is 12.1. The van der Waals surface area contributed by atoms with Crippen LogP contribution in [-0.4, -0.2) is 15.6 Å². The Labute approximate surface area is 110 Å². The summed E-state index contributed by atoms with van der Waals surface area (Å²) in [5.41, 5.74) is 0.856. The summed E-state index contributed by atoms with van der Waals surface area (Å²) in [6.07, 6.45) is 6.22. The van der Waals surface area contributed by atoms with E-state index in [0.29, 0.717) is 12.0 Å². The van der Waals surface area contributed by atoms with E-state index in [1.165, 1.54) is 43.4 Å². The molecule has 2 aromatic rings. The van der Waals surface area contributed by atoms with E-state index in [1.807, 2.05) is 11.4 Å². The summed E-state index contributed by atoms with van der Waals surface area (Å²) in [6.45, 7) is 0. The Morgan fingerprint density at radius 2 is 2.17 bits per heavy atom. The van der Waals surface area contributed by atoms with Gasteiger partial charge in [-0.2, -0.15) is 0 Å². The molecule has 1 fully saturated rings. The van der Waals surface area contributed by atoms with E-state index in [1.54, 1.807) is 11.6 Å². The summed E-state index contributed by atoms with van der Waals surface area (Å²) in [5, 5.41) is 5.35. The highest BCUT2D eigenvalue weighted by molar-refractivity contribution is 7.17. The third kappa shape index (κ3) is 2.03. The van der Waals surface area contributed by atoms with Gasteiger partial charge in [0.2, 0.25) is 5.95 Å². The quantitative estimate of drug-likeness (QED) is 0.906. The molecule has 1 N–H and O–H groups in total. The number of thiophene rings is 1. The smallest absolute Gasteiger partial charge is 0.272 e. The predicted molar refractivity (Wildman–Crippen MR) is 75.4 cm³/mol. The van der Waals surface area contributed by atoms with Crippen LogP contribution in [0, 0.1) is 0 Å². The molecule has 0 radical (unpaired) electrons. The van der Waals surface area contributed by atoms with E-state index in [2.05, 4.69) is 10.3 Å². The van der Waals surface area contributed by atoms with Crippen molar-refractivity contribution in [3.63, 3.8) is 0 Å². The Bertz CT molecular complexity index is 610. The fourth-order valence-corrected chi connectivity index (χ4v) is 3.35. The predicted octanol–water partition coefficient (Wildman–Crippen LogP) is 2.74. The topological polar surface area (TPSA) is 46.9 Å². The molecule has 0 atom stereocenters. The molecule has 1 aliphatic carbocycles. The maximum Gasteiger partial charge on any atom is 0.272 e. The highest BCUT2D eigenvalue weighted by Gasteiger charge is 2.16. The molecule has 1 aliphatic rings. The van der Waals surface area contributed by atoms with Crippen molar-refractivity contribution in [2.75, 3.05) is 5.32 Å². The SMILES string of the molecule is Cn1c(NC2CCCCC2)nc2ccsc2c1=O. The first-order valence-electron chi connectivity index (χ1n) is 6.46. The van der Waals surface area contributed by atoms with Crippen molar-refractivity contribution in [3.05, 3.63) is 21.8 Å². The van der Waals surface area contributed by atoms with Gasteiger partial charge in [0.15, 0.2) is 0 Å². The standard InChI is InChI=1S/C13H17N3OS/c1-16-12(17)11-10(7-8-18-11)15-13(16)14-9-5-3-2-4-6-9/h7-9H,2-6H2,1H3,(H,14,15). The lowest BCUT2D eigenvalue weighted by Gasteiger charge is -2.24. The van der Waals surface area contributed by atoms with E-state index >= 15 is 0 Å². The summed E-state index contributed by atoms with van der Waals surface area (Å²) in [5.74, 6) is 0.706. The molecule has 0 bridgehead atoms. The normalized spacial score (nSPS) is 17.2. The average molecular weight is 263 g/mol. The van der Waals surface area contributed by atoms with Gasteiger partial charge in [0.1, 0.15) is 4.70 Å². The van der Waals surface area contributed by atoms with Gasteiger partial charge in [-0.15, -0.1) is 11.3 Å². The Morgan fingerprint density at radius 3 is 2.94 bits per heavy atom. The van der Waals surface area contributed by atoms with Gasteiger partial charge >= 0.3 is 0 Å². The Kier molecular flexibility index (Phi) is 3.07. The van der Waals surface area contributed by atoms with Crippen LogP contribution in [0.3, 0.4) is 0 Å². The van der Waals surface area contributed by atoms with Crippen LogP contribution >= 0.6 is 11.3 Å². The molecular formula is C13H17N3OS. The van der Waals surface area contributed by atoms with Gasteiger partial charge in [-0.25, -0.2) is 4.98 Å². The lowest BCUT2D eigenvalue weighted by atomic mass is 9.96. The van der Waals surface area contributed by atoms with Gasteiger partial charge in [0.05, 0.1) is 5.52 Å². The molecule has 0 spiro atoms. The highest BCUT2D eigenvalue weighted by atomic mass is 32.1. The monoisotopic (exact) mass is 263 g/mol. The molecule has 0 saturated heterocycles. The number of hydrogen-bond acceptors (Lipinski definition) is 4. The molecule has 5 heteroatoms. The van der Waals surface area contributed by atoms with Gasteiger partial charge in [0.25, 0.3) is 5.56 Å². The average Bonchev–Trinajstić information content (AvgIpc) is 2.85. The van der Waals surface area contributed by atoms with Gasteiger partial charge < -0.3 is 5.32 Å². The first-order chi connectivity index (χ1) is 8.75. The van der Waals surface area contributed by atoms with Gasteiger partial charge in [0, 0.05) is 13.1 Å². The van der Waals surface area contributed by atoms with Crippen LogP contribution in [-0.2, 0) is 7.05 Å². The van der Waals surface area contributed by atoms with Gasteiger partial charge in [-0.1, -0.05) is 19.3 Å². The number of aromatic nitrogens is 2. The van der Waals surface area contributed by atoms with E-state index in [4.69, 9.17) is 0 Å². The lowest BCUT2D eigenvalue weighted by Crippen LogP contribution is -2.28. The fourth-order valence-electron chi connectivity index (χ4n) is 2.55. The van der Waals surface area contributed by atoms with Crippen molar-refractivity contribution in [2.45, 2.75) is 38.1 Å². The third-order valence-electron chi connectivity index (χ3n) is 3.63. The van der Waals surface area contributed by atoms with Crippen LogP contribution in [0.15, 0.2) is 16.2 Å². The molecule has 18 heavy (non-hydrogen) atoms. The molecule has 0 unspecified atom stereocenters. The number of nitrogens with one attached hydrogen (secondary N) is 1. The summed E-state index contributed by atoms with van der Waals surface area (Å²) in [4.78, 5) is 16.7. The number of hydrogen-bond donors (Lipinski definition) is 1. The molecule has 0 aromatic carbocycles. The molecule has 3 rings (SSSR count). The van der Waals surface area contributed by atoms with Crippen molar-refractivity contribution in [1.82, 2.24) is 9.55 Å². The minimum Gasteiger partial charge on any atom is -0.353 e. The number of nitrogens with zero attached hydrogens (tertiary/aromatic N) is 2. The van der Waals surface area contributed by atoms with E-state index in [9.17, 15) is 4.79 Å². The summed E-state index contributed by atoms with van der Waals surface area (Å²) in [7, 11) is 1.79.